The molecule has 0 saturated carbocycles. The first kappa shape index (κ1) is 25.9. The first-order valence-electron chi connectivity index (χ1n) is 11.6. The Morgan fingerprint density at radius 2 is 1.94 bits per heavy atom. The van der Waals surface area contributed by atoms with Gasteiger partial charge in [-0.3, -0.25) is 9.78 Å². The molecule has 1 amide bonds. The van der Waals surface area contributed by atoms with E-state index in [4.69, 9.17) is 33.2 Å². The SMILES string of the molecule is C[C@H](Oc1ccc(C#N)cn1)C1CN(C(=O)c2ccc(CN(C)C)nc2)C[C@@H]1c1ccc(Cl)c(Cl)c1. The lowest BCUT2D eigenvalue weighted by Crippen LogP contribution is -2.32. The summed E-state index contributed by atoms with van der Waals surface area (Å²) in [6.07, 6.45) is 2.86. The number of carbonyl (C=O) groups is 1. The highest BCUT2D eigenvalue weighted by atomic mass is 35.5. The molecule has 3 heterocycles. The summed E-state index contributed by atoms with van der Waals surface area (Å²) < 4.78 is 6.16. The number of rotatable bonds is 7. The molecule has 1 aromatic carbocycles. The molecule has 1 aliphatic rings. The van der Waals surface area contributed by atoms with Gasteiger partial charge in [-0.15, -0.1) is 0 Å². The van der Waals surface area contributed by atoms with Crippen molar-refractivity contribution in [3.63, 3.8) is 0 Å². The van der Waals surface area contributed by atoms with E-state index in [1.165, 1.54) is 6.20 Å². The van der Waals surface area contributed by atoms with Crippen molar-refractivity contribution in [2.45, 2.75) is 25.5 Å². The number of hydrogen-bond acceptors (Lipinski definition) is 6. The van der Waals surface area contributed by atoms with Crippen LogP contribution < -0.4 is 4.74 Å². The van der Waals surface area contributed by atoms with Gasteiger partial charge in [0, 0.05) is 49.9 Å². The van der Waals surface area contributed by atoms with Crippen molar-refractivity contribution in [2.24, 2.45) is 5.92 Å². The second kappa shape index (κ2) is 11.3. The van der Waals surface area contributed by atoms with E-state index in [9.17, 15) is 4.79 Å². The van der Waals surface area contributed by atoms with Gasteiger partial charge in [-0.05, 0) is 56.9 Å². The van der Waals surface area contributed by atoms with Crippen LogP contribution in [-0.2, 0) is 6.54 Å². The van der Waals surface area contributed by atoms with Crippen LogP contribution in [0, 0.1) is 17.2 Å². The maximum Gasteiger partial charge on any atom is 0.255 e. The molecule has 3 aromatic rings. The van der Waals surface area contributed by atoms with Crippen LogP contribution in [0.25, 0.3) is 0 Å². The van der Waals surface area contributed by atoms with Gasteiger partial charge >= 0.3 is 0 Å². The molecule has 9 heteroatoms. The summed E-state index contributed by atoms with van der Waals surface area (Å²) in [7, 11) is 3.95. The Morgan fingerprint density at radius 3 is 2.56 bits per heavy atom. The van der Waals surface area contributed by atoms with E-state index in [2.05, 4.69) is 16.0 Å². The second-order valence-corrected chi connectivity index (χ2v) is 10.1. The molecule has 3 atom stereocenters. The number of likely N-dealkylation sites (tertiary alicyclic amines) is 1. The van der Waals surface area contributed by atoms with Gasteiger partial charge in [-0.2, -0.15) is 5.26 Å². The van der Waals surface area contributed by atoms with Crippen molar-refractivity contribution in [1.29, 1.82) is 5.26 Å². The van der Waals surface area contributed by atoms with E-state index in [-0.39, 0.29) is 23.8 Å². The first-order valence-corrected chi connectivity index (χ1v) is 12.4. The predicted octanol–water partition coefficient (Wildman–Crippen LogP) is 5.04. The number of benzene rings is 1. The number of amides is 1. The van der Waals surface area contributed by atoms with Crippen LogP contribution in [0.2, 0.25) is 10.0 Å². The molecule has 0 N–H and O–H groups in total. The zero-order valence-electron chi connectivity index (χ0n) is 20.4. The van der Waals surface area contributed by atoms with Crippen LogP contribution in [0.3, 0.4) is 0 Å². The minimum absolute atomic E-state index is 0.0157. The topological polar surface area (TPSA) is 82.3 Å². The number of carbonyl (C=O) groups excluding carboxylic acids is 1. The average molecular weight is 524 g/mol. The van der Waals surface area contributed by atoms with Crippen molar-refractivity contribution in [2.75, 3.05) is 27.2 Å². The molecular formula is C27H27Cl2N5O2. The summed E-state index contributed by atoms with van der Waals surface area (Å²) in [5.74, 6) is 0.317. The lowest BCUT2D eigenvalue weighted by atomic mass is 9.86. The monoisotopic (exact) mass is 523 g/mol. The van der Waals surface area contributed by atoms with Crippen LogP contribution in [0.5, 0.6) is 5.88 Å². The van der Waals surface area contributed by atoms with Crippen molar-refractivity contribution in [3.05, 3.63) is 87.3 Å². The zero-order chi connectivity index (χ0) is 25.8. The summed E-state index contributed by atoms with van der Waals surface area (Å²) in [6.45, 7) is 3.69. The molecule has 0 spiro atoms. The van der Waals surface area contributed by atoms with Gasteiger partial charge in [0.05, 0.1) is 26.9 Å². The molecule has 0 aliphatic carbocycles. The summed E-state index contributed by atoms with van der Waals surface area (Å²) in [5.41, 5.74) is 2.91. The van der Waals surface area contributed by atoms with Crippen LogP contribution in [0.15, 0.2) is 54.9 Å². The summed E-state index contributed by atoms with van der Waals surface area (Å²) in [5, 5.41) is 9.98. The largest absolute Gasteiger partial charge is 0.474 e. The van der Waals surface area contributed by atoms with Crippen molar-refractivity contribution in [1.82, 2.24) is 19.8 Å². The Morgan fingerprint density at radius 1 is 1.14 bits per heavy atom. The number of nitriles is 1. The van der Waals surface area contributed by atoms with Gasteiger partial charge < -0.3 is 14.5 Å². The van der Waals surface area contributed by atoms with Crippen molar-refractivity contribution < 1.29 is 9.53 Å². The standard InChI is InChI=1S/C27H27Cl2N5O2/c1-17(36-26-9-4-18(11-30)12-32-26)22-15-34(16-23(22)19-6-8-24(28)25(29)10-19)27(35)20-5-7-21(31-13-20)14-33(2)3/h4-10,12-13,17,22-23H,14-16H2,1-3H3/t17-,22?,23+/m0/s1. The van der Waals surface area contributed by atoms with E-state index in [1.807, 2.05) is 55.1 Å². The normalized spacial score (nSPS) is 18.2. The van der Waals surface area contributed by atoms with E-state index < -0.39 is 0 Å². The third-order valence-electron chi connectivity index (χ3n) is 6.35. The Kier molecular flexibility index (Phi) is 8.10. The van der Waals surface area contributed by atoms with Gasteiger partial charge in [0.1, 0.15) is 12.2 Å². The van der Waals surface area contributed by atoms with Crippen LogP contribution >= 0.6 is 23.2 Å². The quantitative estimate of drug-likeness (QED) is 0.431. The van der Waals surface area contributed by atoms with E-state index in [0.717, 1.165) is 11.3 Å². The third kappa shape index (κ3) is 5.96. The van der Waals surface area contributed by atoms with Crippen LogP contribution in [0.1, 0.15) is 40.0 Å². The first-order chi connectivity index (χ1) is 17.2. The summed E-state index contributed by atoms with van der Waals surface area (Å²) >= 11 is 12.5. The van der Waals surface area contributed by atoms with Gasteiger partial charge in [-0.25, -0.2) is 4.98 Å². The molecule has 0 radical (unpaired) electrons. The zero-order valence-corrected chi connectivity index (χ0v) is 21.9. The highest BCUT2D eigenvalue weighted by Crippen LogP contribution is 2.38. The molecule has 0 bridgehead atoms. The Hall–Kier alpha value is -3.18. The average Bonchev–Trinajstić information content (AvgIpc) is 3.31. The number of hydrogen-bond donors (Lipinski definition) is 0. The number of ether oxygens (including phenoxy) is 1. The number of aromatic nitrogens is 2. The summed E-state index contributed by atoms with van der Waals surface area (Å²) in [6, 6.07) is 14.7. The Bertz CT molecular complexity index is 1260. The molecule has 1 fully saturated rings. The Balaban J connectivity index is 1.57. The highest BCUT2D eigenvalue weighted by Gasteiger charge is 2.40. The van der Waals surface area contributed by atoms with Crippen molar-refractivity contribution >= 4 is 29.1 Å². The van der Waals surface area contributed by atoms with Gasteiger partial charge in [-0.1, -0.05) is 29.3 Å². The van der Waals surface area contributed by atoms with Crippen molar-refractivity contribution in [3.8, 4) is 11.9 Å². The fourth-order valence-corrected chi connectivity index (χ4v) is 4.82. The summed E-state index contributed by atoms with van der Waals surface area (Å²) in [4.78, 5) is 26.0. The fourth-order valence-electron chi connectivity index (χ4n) is 4.51. The number of nitrogens with zero attached hydrogens (tertiary/aromatic N) is 5. The van der Waals surface area contributed by atoms with Crippen LogP contribution in [-0.4, -0.2) is 59.0 Å². The van der Waals surface area contributed by atoms with Crippen LogP contribution in [0.4, 0.5) is 0 Å². The molecule has 186 valence electrons. The molecule has 4 rings (SSSR count). The number of halogens is 2. The molecule has 7 nitrogen and oxygen atoms in total. The minimum Gasteiger partial charge on any atom is -0.474 e. The Labute approximate surface area is 221 Å². The minimum atomic E-state index is -0.261. The smallest absolute Gasteiger partial charge is 0.255 e. The maximum absolute atomic E-state index is 13.4. The lowest BCUT2D eigenvalue weighted by Gasteiger charge is -2.25. The van der Waals surface area contributed by atoms with Gasteiger partial charge in [0.25, 0.3) is 5.91 Å². The van der Waals surface area contributed by atoms with E-state index in [1.54, 1.807) is 24.4 Å². The highest BCUT2D eigenvalue weighted by molar-refractivity contribution is 6.42. The molecule has 1 aliphatic heterocycles. The molecule has 2 aromatic heterocycles. The molecule has 1 unspecified atom stereocenters. The number of pyridine rings is 2. The maximum atomic E-state index is 13.4. The van der Waals surface area contributed by atoms with E-state index in [0.29, 0.717) is 46.7 Å². The van der Waals surface area contributed by atoms with Gasteiger partial charge in [0.15, 0.2) is 0 Å². The second-order valence-electron chi connectivity index (χ2n) is 9.25. The molecule has 36 heavy (non-hydrogen) atoms. The molecular weight excluding hydrogens is 497 g/mol. The van der Waals surface area contributed by atoms with E-state index >= 15 is 0 Å². The lowest BCUT2D eigenvalue weighted by molar-refractivity contribution is 0.0769. The predicted molar refractivity (Wildman–Crippen MR) is 139 cm³/mol. The fraction of sp³-hybridized carbons (Fsp3) is 0.333. The van der Waals surface area contributed by atoms with Gasteiger partial charge in [0.2, 0.25) is 5.88 Å². The molecule has 1 saturated heterocycles. The third-order valence-corrected chi connectivity index (χ3v) is 7.09.